The average molecular weight is 423 g/mol. The van der Waals surface area contributed by atoms with Crippen LogP contribution in [0.5, 0.6) is 5.75 Å². The molecule has 1 aromatic carbocycles. The molecule has 1 saturated heterocycles. The Labute approximate surface area is 183 Å². The molecule has 1 unspecified atom stereocenters. The van der Waals surface area contributed by atoms with Crippen molar-refractivity contribution in [2.45, 2.75) is 64.5 Å². The Balaban J connectivity index is 1.58. The fourth-order valence-electron chi connectivity index (χ4n) is 4.25. The van der Waals surface area contributed by atoms with E-state index in [1.54, 1.807) is 13.3 Å². The Kier molecular flexibility index (Phi) is 6.20. The summed E-state index contributed by atoms with van der Waals surface area (Å²) >= 11 is 0. The van der Waals surface area contributed by atoms with Crippen LogP contribution in [0.25, 0.3) is 0 Å². The van der Waals surface area contributed by atoms with E-state index >= 15 is 0 Å². The largest absolute Gasteiger partial charge is 0.496 e. The number of rotatable bonds is 6. The first-order valence-corrected chi connectivity index (χ1v) is 11.0. The summed E-state index contributed by atoms with van der Waals surface area (Å²) in [5, 5.41) is 3.04. The first-order valence-electron chi connectivity index (χ1n) is 11.0. The third-order valence-corrected chi connectivity index (χ3v) is 6.05. The molecule has 2 aromatic rings. The summed E-state index contributed by atoms with van der Waals surface area (Å²) in [7, 11) is 1.64. The van der Waals surface area contributed by atoms with Crippen molar-refractivity contribution < 1.29 is 14.3 Å². The number of nitrogens with one attached hydrogen (secondary N) is 1. The minimum atomic E-state index is -0.206. The van der Waals surface area contributed by atoms with Crippen molar-refractivity contribution in [2.24, 2.45) is 0 Å². The number of ether oxygens (including phenoxy) is 1. The van der Waals surface area contributed by atoms with Gasteiger partial charge in [0.05, 0.1) is 30.8 Å². The van der Waals surface area contributed by atoms with Gasteiger partial charge in [0, 0.05) is 18.8 Å². The minimum Gasteiger partial charge on any atom is -0.496 e. The Bertz CT molecular complexity index is 987. The Morgan fingerprint density at radius 1 is 1.19 bits per heavy atom. The third-order valence-electron chi connectivity index (χ3n) is 6.05. The van der Waals surface area contributed by atoms with Gasteiger partial charge < -0.3 is 15.0 Å². The number of aromatic nitrogens is 2. The number of benzene rings is 1. The summed E-state index contributed by atoms with van der Waals surface area (Å²) < 4.78 is 5.33. The van der Waals surface area contributed by atoms with Gasteiger partial charge in [-0.15, -0.1) is 0 Å². The molecule has 164 valence electrons. The second-order valence-corrected chi connectivity index (χ2v) is 8.54. The van der Waals surface area contributed by atoms with Crippen LogP contribution in [0.3, 0.4) is 0 Å². The molecule has 0 spiro atoms. The molecule has 7 nitrogen and oxygen atoms in total. The highest BCUT2D eigenvalue weighted by molar-refractivity contribution is 5.95. The van der Waals surface area contributed by atoms with Crippen molar-refractivity contribution in [3.8, 4) is 5.75 Å². The molecule has 2 fully saturated rings. The van der Waals surface area contributed by atoms with Crippen molar-refractivity contribution in [3.05, 3.63) is 52.6 Å². The molecule has 2 amide bonds. The van der Waals surface area contributed by atoms with Gasteiger partial charge in [-0.1, -0.05) is 12.1 Å². The van der Waals surface area contributed by atoms with Gasteiger partial charge in [0.25, 0.3) is 5.91 Å². The van der Waals surface area contributed by atoms with Crippen molar-refractivity contribution in [2.75, 3.05) is 13.7 Å². The monoisotopic (exact) mass is 422 g/mol. The lowest BCUT2D eigenvalue weighted by atomic mass is 9.95. The van der Waals surface area contributed by atoms with Crippen molar-refractivity contribution in [1.29, 1.82) is 0 Å². The average Bonchev–Trinajstić information content (AvgIpc) is 3.57. The molecule has 1 aromatic heterocycles. The normalized spacial score (nSPS) is 18.5. The first-order chi connectivity index (χ1) is 15.0. The second kappa shape index (κ2) is 9.04. The molecule has 2 heterocycles. The number of carbonyl (C=O) groups is 2. The van der Waals surface area contributed by atoms with E-state index < -0.39 is 0 Å². The molecule has 7 heteroatoms. The van der Waals surface area contributed by atoms with Crippen molar-refractivity contribution in [1.82, 2.24) is 20.2 Å². The van der Waals surface area contributed by atoms with Crippen LogP contribution in [0.1, 0.15) is 71.1 Å². The summed E-state index contributed by atoms with van der Waals surface area (Å²) in [5.41, 5.74) is 3.12. The van der Waals surface area contributed by atoms with E-state index in [9.17, 15) is 9.59 Å². The van der Waals surface area contributed by atoms with Gasteiger partial charge in [-0.2, -0.15) is 0 Å². The maximum atomic E-state index is 13.3. The fourth-order valence-corrected chi connectivity index (χ4v) is 4.25. The van der Waals surface area contributed by atoms with Gasteiger partial charge in [0.15, 0.2) is 0 Å². The molecule has 0 bridgehead atoms. The van der Waals surface area contributed by atoms with Gasteiger partial charge in [-0.05, 0) is 63.1 Å². The number of hydrogen-bond acceptors (Lipinski definition) is 5. The standard InChI is InChI=1S/C24H30N4O3/c1-15-12-17(7-10-21(15)31-3)13-22(29)28-11-5-4-6-20(28)23-19(14-25-16(2)26-23)24(30)27-18-8-9-18/h7,10,12,14,18,20H,4-6,8-9,11,13H2,1-3H3,(H,27,30). The van der Waals surface area contributed by atoms with E-state index in [0.29, 0.717) is 30.0 Å². The Morgan fingerprint density at radius 2 is 2.00 bits per heavy atom. The highest BCUT2D eigenvalue weighted by atomic mass is 16.5. The van der Waals surface area contributed by atoms with Crippen LogP contribution in [-0.2, 0) is 11.2 Å². The van der Waals surface area contributed by atoms with E-state index in [1.165, 1.54) is 0 Å². The number of carbonyl (C=O) groups excluding carboxylic acids is 2. The fraction of sp³-hybridized carbons (Fsp3) is 0.500. The Morgan fingerprint density at radius 3 is 2.71 bits per heavy atom. The zero-order valence-electron chi connectivity index (χ0n) is 18.5. The first kappa shape index (κ1) is 21.3. The molecule has 0 radical (unpaired) electrons. The third kappa shape index (κ3) is 4.86. The molecule has 2 aliphatic rings. The van der Waals surface area contributed by atoms with Crippen LogP contribution < -0.4 is 10.1 Å². The quantitative estimate of drug-likeness (QED) is 0.772. The molecule has 1 aliphatic carbocycles. The SMILES string of the molecule is COc1ccc(CC(=O)N2CCCCC2c2nc(C)ncc2C(=O)NC2CC2)cc1C. The second-order valence-electron chi connectivity index (χ2n) is 8.54. The summed E-state index contributed by atoms with van der Waals surface area (Å²) in [5.74, 6) is 1.34. The van der Waals surface area contributed by atoms with Crippen LogP contribution in [0, 0.1) is 13.8 Å². The smallest absolute Gasteiger partial charge is 0.255 e. The Hall–Kier alpha value is -2.96. The maximum absolute atomic E-state index is 13.3. The zero-order valence-corrected chi connectivity index (χ0v) is 18.5. The molecule has 4 rings (SSSR count). The zero-order chi connectivity index (χ0) is 22.0. The molecular formula is C24H30N4O3. The summed E-state index contributed by atoms with van der Waals surface area (Å²) in [6.07, 6.45) is 6.72. The lowest BCUT2D eigenvalue weighted by molar-refractivity contribution is -0.134. The highest BCUT2D eigenvalue weighted by Gasteiger charge is 2.33. The number of hydrogen-bond donors (Lipinski definition) is 1. The topological polar surface area (TPSA) is 84.4 Å². The van der Waals surface area contributed by atoms with Crippen molar-refractivity contribution >= 4 is 11.8 Å². The van der Waals surface area contributed by atoms with Gasteiger partial charge in [0.2, 0.25) is 5.91 Å². The molecule has 1 saturated carbocycles. The van der Waals surface area contributed by atoms with E-state index in [0.717, 1.165) is 49.0 Å². The number of aryl methyl sites for hydroxylation is 2. The highest BCUT2D eigenvalue weighted by Crippen LogP contribution is 2.33. The van der Waals surface area contributed by atoms with Crippen LogP contribution in [0.15, 0.2) is 24.4 Å². The van der Waals surface area contributed by atoms with Crippen LogP contribution >= 0.6 is 0 Å². The maximum Gasteiger partial charge on any atom is 0.255 e. The number of likely N-dealkylation sites (tertiary alicyclic amines) is 1. The van der Waals surface area contributed by atoms with E-state index in [-0.39, 0.29) is 23.9 Å². The molecular weight excluding hydrogens is 392 g/mol. The van der Waals surface area contributed by atoms with Crippen LogP contribution in [-0.4, -0.2) is 46.4 Å². The number of nitrogens with zero attached hydrogens (tertiary/aromatic N) is 3. The van der Waals surface area contributed by atoms with Gasteiger partial charge in [0.1, 0.15) is 11.6 Å². The minimum absolute atomic E-state index is 0.0547. The van der Waals surface area contributed by atoms with Crippen LogP contribution in [0.4, 0.5) is 0 Å². The van der Waals surface area contributed by atoms with Gasteiger partial charge in [-0.3, -0.25) is 9.59 Å². The van der Waals surface area contributed by atoms with Crippen molar-refractivity contribution in [3.63, 3.8) is 0 Å². The molecule has 1 atom stereocenters. The molecule has 1 N–H and O–H groups in total. The lowest BCUT2D eigenvalue weighted by Gasteiger charge is -2.36. The predicted octanol–water partition coefficient (Wildman–Crippen LogP) is 3.29. The summed E-state index contributed by atoms with van der Waals surface area (Å²) in [6.45, 7) is 4.47. The lowest BCUT2D eigenvalue weighted by Crippen LogP contribution is -2.41. The van der Waals surface area contributed by atoms with Gasteiger partial charge >= 0.3 is 0 Å². The molecule has 31 heavy (non-hydrogen) atoms. The summed E-state index contributed by atoms with van der Waals surface area (Å²) in [4.78, 5) is 37.0. The van der Waals surface area contributed by atoms with E-state index in [2.05, 4.69) is 15.3 Å². The predicted molar refractivity (Wildman–Crippen MR) is 117 cm³/mol. The number of piperidine rings is 1. The van der Waals surface area contributed by atoms with Crippen LogP contribution in [0.2, 0.25) is 0 Å². The number of amides is 2. The molecule has 1 aliphatic heterocycles. The van der Waals surface area contributed by atoms with E-state index in [1.807, 2.05) is 36.9 Å². The van der Waals surface area contributed by atoms with E-state index in [4.69, 9.17) is 4.74 Å². The van der Waals surface area contributed by atoms with Gasteiger partial charge in [-0.25, -0.2) is 9.97 Å². The summed E-state index contributed by atoms with van der Waals surface area (Å²) in [6, 6.07) is 5.89. The number of methoxy groups -OCH3 is 1.